The first-order valence-electron chi connectivity index (χ1n) is 4.02. The summed E-state index contributed by atoms with van der Waals surface area (Å²) < 4.78 is 4.64. The van der Waals surface area contributed by atoms with Gasteiger partial charge < -0.3 is 10.5 Å². The monoisotopic (exact) mass is 155 g/mol. The lowest BCUT2D eigenvalue weighted by Crippen LogP contribution is -2.42. The third-order valence-electron chi connectivity index (χ3n) is 3.30. The topological polar surface area (TPSA) is 52.3 Å². The van der Waals surface area contributed by atoms with Crippen LogP contribution in [-0.2, 0) is 9.53 Å². The highest BCUT2D eigenvalue weighted by atomic mass is 16.5. The molecule has 0 bridgehead atoms. The summed E-state index contributed by atoms with van der Waals surface area (Å²) in [5, 5.41) is 0. The van der Waals surface area contributed by atoms with Gasteiger partial charge in [-0.25, -0.2) is 0 Å². The Morgan fingerprint density at radius 1 is 1.55 bits per heavy atom. The normalized spacial score (nSPS) is 38.0. The van der Waals surface area contributed by atoms with Gasteiger partial charge in [0.2, 0.25) is 0 Å². The molecule has 62 valence electrons. The van der Waals surface area contributed by atoms with E-state index in [2.05, 4.69) is 4.74 Å². The van der Waals surface area contributed by atoms with E-state index in [1.54, 1.807) is 0 Å². The van der Waals surface area contributed by atoms with E-state index in [0.29, 0.717) is 0 Å². The maximum atomic E-state index is 11.2. The molecule has 1 unspecified atom stereocenters. The zero-order valence-corrected chi connectivity index (χ0v) is 6.72. The molecule has 3 heteroatoms. The molecule has 0 saturated heterocycles. The van der Waals surface area contributed by atoms with Crippen molar-refractivity contribution < 1.29 is 9.53 Å². The number of nitrogens with two attached hydrogens (primary N) is 1. The van der Waals surface area contributed by atoms with Crippen molar-refractivity contribution >= 4 is 5.97 Å². The molecule has 2 aliphatic rings. The minimum atomic E-state index is -0.611. The number of carbonyl (C=O) groups is 1. The number of ether oxygens (including phenoxy) is 1. The van der Waals surface area contributed by atoms with Gasteiger partial charge in [-0.1, -0.05) is 6.42 Å². The molecule has 1 spiro atoms. The number of esters is 1. The van der Waals surface area contributed by atoms with Crippen LogP contribution in [0.1, 0.15) is 25.7 Å². The summed E-state index contributed by atoms with van der Waals surface area (Å²) in [6.45, 7) is 0. The van der Waals surface area contributed by atoms with E-state index in [0.717, 1.165) is 19.3 Å². The van der Waals surface area contributed by atoms with Gasteiger partial charge in [0.25, 0.3) is 0 Å². The van der Waals surface area contributed by atoms with Crippen LogP contribution >= 0.6 is 0 Å². The van der Waals surface area contributed by atoms with Crippen LogP contribution in [0.2, 0.25) is 0 Å². The molecule has 2 rings (SSSR count). The van der Waals surface area contributed by atoms with Gasteiger partial charge in [-0.3, -0.25) is 4.79 Å². The molecule has 0 aromatic carbocycles. The SMILES string of the molecule is COC(=O)C1(N)CC12CCC2. The first-order valence-corrected chi connectivity index (χ1v) is 4.02. The number of rotatable bonds is 1. The van der Waals surface area contributed by atoms with Gasteiger partial charge in [-0.2, -0.15) is 0 Å². The fourth-order valence-corrected chi connectivity index (χ4v) is 2.19. The summed E-state index contributed by atoms with van der Waals surface area (Å²) in [7, 11) is 1.40. The van der Waals surface area contributed by atoms with Crippen LogP contribution in [-0.4, -0.2) is 18.6 Å². The Labute approximate surface area is 65.9 Å². The Morgan fingerprint density at radius 2 is 2.18 bits per heavy atom. The van der Waals surface area contributed by atoms with Crippen LogP contribution in [0.5, 0.6) is 0 Å². The van der Waals surface area contributed by atoms with Crippen molar-refractivity contribution in [1.82, 2.24) is 0 Å². The van der Waals surface area contributed by atoms with Crippen LogP contribution in [0.25, 0.3) is 0 Å². The van der Waals surface area contributed by atoms with E-state index in [1.807, 2.05) is 0 Å². The maximum Gasteiger partial charge on any atom is 0.326 e. The van der Waals surface area contributed by atoms with Gasteiger partial charge in [0.15, 0.2) is 0 Å². The standard InChI is InChI=1S/C8H13NO2/c1-11-6(10)8(9)5-7(8)3-2-4-7/h2-5,9H2,1H3. The number of carbonyl (C=O) groups excluding carboxylic acids is 1. The largest absolute Gasteiger partial charge is 0.468 e. The zero-order valence-electron chi connectivity index (χ0n) is 6.72. The molecule has 0 amide bonds. The van der Waals surface area contributed by atoms with E-state index in [4.69, 9.17) is 5.73 Å². The van der Waals surface area contributed by atoms with Crippen molar-refractivity contribution in [3.63, 3.8) is 0 Å². The maximum absolute atomic E-state index is 11.2. The smallest absolute Gasteiger partial charge is 0.326 e. The predicted molar refractivity (Wildman–Crippen MR) is 39.8 cm³/mol. The van der Waals surface area contributed by atoms with E-state index in [9.17, 15) is 4.79 Å². The molecule has 1 atom stereocenters. The second kappa shape index (κ2) is 1.78. The van der Waals surface area contributed by atoms with Crippen molar-refractivity contribution in [3.8, 4) is 0 Å². The fraction of sp³-hybridized carbons (Fsp3) is 0.875. The molecular formula is C8H13NO2. The molecule has 3 nitrogen and oxygen atoms in total. The van der Waals surface area contributed by atoms with Crippen LogP contribution in [0.3, 0.4) is 0 Å². The minimum absolute atomic E-state index is 0.153. The van der Waals surface area contributed by atoms with Crippen LogP contribution in [0, 0.1) is 5.41 Å². The lowest BCUT2D eigenvalue weighted by molar-refractivity contribution is -0.145. The summed E-state index contributed by atoms with van der Waals surface area (Å²) in [6, 6.07) is 0. The highest BCUT2D eigenvalue weighted by molar-refractivity contribution is 5.86. The minimum Gasteiger partial charge on any atom is -0.468 e. The predicted octanol–water partition coefficient (Wildman–Crippen LogP) is 0.431. The van der Waals surface area contributed by atoms with Gasteiger partial charge in [-0.15, -0.1) is 0 Å². The van der Waals surface area contributed by atoms with Gasteiger partial charge in [0, 0.05) is 5.41 Å². The fourth-order valence-electron chi connectivity index (χ4n) is 2.19. The van der Waals surface area contributed by atoms with E-state index in [1.165, 1.54) is 13.5 Å². The number of methoxy groups -OCH3 is 1. The molecule has 2 fully saturated rings. The zero-order chi connectivity index (χ0) is 8.11. The summed E-state index contributed by atoms with van der Waals surface area (Å²) in [5.41, 5.74) is 5.41. The van der Waals surface area contributed by atoms with Crippen molar-refractivity contribution in [2.24, 2.45) is 11.1 Å². The summed E-state index contributed by atoms with van der Waals surface area (Å²) in [6.07, 6.45) is 4.28. The molecule has 0 heterocycles. The van der Waals surface area contributed by atoms with Crippen molar-refractivity contribution in [1.29, 1.82) is 0 Å². The lowest BCUT2D eigenvalue weighted by Gasteiger charge is -2.29. The Balaban J connectivity index is 2.10. The van der Waals surface area contributed by atoms with Gasteiger partial charge in [-0.05, 0) is 19.3 Å². The summed E-state index contributed by atoms with van der Waals surface area (Å²) in [4.78, 5) is 11.2. The Morgan fingerprint density at radius 3 is 2.45 bits per heavy atom. The highest BCUT2D eigenvalue weighted by Crippen LogP contribution is 2.67. The molecule has 2 N–H and O–H groups in total. The average Bonchev–Trinajstić information content (AvgIpc) is 2.56. The van der Waals surface area contributed by atoms with Crippen LogP contribution < -0.4 is 5.73 Å². The first-order chi connectivity index (χ1) is 5.15. The van der Waals surface area contributed by atoms with Crippen molar-refractivity contribution in [3.05, 3.63) is 0 Å². The molecule has 2 saturated carbocycles. The van der Waals surface area contributed by atoms with Crippen LogP contribution in [0.15, 0.2) is 0 Å². The van der Waals surface area contributed by atoms with E-state index in [-0.39, 0.29) is 11.4 Å². The number of hydrogen-bond donors (Lipinski definition) is 1. The quantitative estimate of drug-likeness (QED) is 0.559. The number of hydrogen-bond acceptors (Lipinski definition) is 3. The van der Waals surface area contributed by atoms with Gasteiger partial charge in [0.1, 0.15) is 5.54 Å². The summed E-state index contributed by atoms with van der Waals surface area (Å²) >= 11 is 0. The van der Waals surface area contributed by atoms with E-state index >= 15 is 0 Å². The van der Waals surface area contributed by atoms with Crippen molar-refractivity contribution in [2.75, 3.05) is 7.11 Å². The molecule has 0 radical (unpaired) electrons. The van der Waals surface area contributed by atoms with Gasteiger partial charge in [0.05, 0.1) is 7.11 Å². The Kier molecular flexibility index (Phi) is 1.15. The lowest BCUT2D eigenvalue weighted by atomic mass is 9.78. The second-order valence-corrected chi connectivity index (χ2v) is 3.77. The van der Waals surface area contributed by atoms with Crippen LogP contribution in [0.4, 0.5) is 0 Å². The second-order valence-electron chi connectivity index (χ2n) is 3.77. The average molecular weight is 155 g/mol. The highest BCUT2D eigenvalue weighted by Gasteiger charge is 2.72. The Hall–Kier alpha value is -0.570. The summed E-state index contributed by atoms with van der Waals surface area (Å²) in [5.74, 6) is -0.225. The molecule has 0 aromatic rings. The van der Waals surface area contributed by atoms with Crippen molar-refractivity contribution in [2.45, 2.75) is 31.2 Å². The molecule has 0 aliphatic heterocycles. The molecule has 2 aliphatic carbocycles. The third-order valence-corrected chi connectivity index (χ3v) is 3.30. The molecule has 11 heavy (non-hydrogen) atoms. The first kappa shape index (κ1) is 7.10. The van der Waals surface area contributed by atoms with Gasteiger partial charge >= 0.3 is 5.97 Å². The molecule has 0 aromatic heterocycles. The Bertz CT molecular complexity index is 210. The third kappa shape index (κ3) is 0.644. The molecular weight excluding hydrogens is 142 g/mol. The van der Waals surface area contributed by atoms with E-state index < -0.39 is 5.54 Å².